The van der Waals surface area contributed by atoms with E-state index in [4.69, 9.17) is 16.3 Å². The summed E-state index contributed by atoms with van der Waals surface area (Å²) in [5.41, 5.74) is 4.21. The second-order valence-corrected chi connectivity index (χ2v) is 8.39. The Labute approximate surface area is 185 Å². The smallest absolute Gasteiger partial charge is 0.259 e. The summed E-state index contributed by atoms with van der Waals surface area (Å²) in [4.78, 5) is 11.8. The number of amides is 1. The molecule has 0 atom stereocenters. The molecule has 0 fully saturated rings. The summed E-state index contributed by atoms with van der Waals surface area (Å²) in [5, 5.41) is 7.66. The number of nitrogens with one attached hydrogen (secondary N) is 2. The molecule has 5 nitrogen and oxygen atoms in total. The van der Waals surface area contributed by atoms with Crippen LogP contribution >= 0.6 is 56.8 Å². The number of anilines is 1. The monoisotopic (exact) mass is 597 g/mol. The number of carbonyl (C=O) groups excluding carboxylic acids is 1. The van der Waals surface area contributed by atoms with Crippen LogP contribution in [0.4, 0.5) is 5.69 Å². The Morgan fingerprint density at radius 3 is 2.42 bits per heavy atom. The summed E-state index contributed by atoms with van der Waals surface area (Å²) in [6, 6.07) is 11.1. The lowest BCUT2D eigenvalue weighted by molar-refractivity contribution is -0.119. The van der Waals surface area contributed by atoms with Gasteiger partial charge in [-0.25, -0.2) is 5.43 Å². The quantitative estimate of drug-likeness (QED) is 0.271. The summed E-state index contributed by atoms with van der Waals surface area (Å²) in [6.07, 6.45) is 1.73. The first-order valence-corrected chi connectivity index (χ1v) is 10.4. The molecule has 8 heteroatoms. The Balaban J connectivity index is 1.89. The maximum atomic E-state index is 11.8. The molecule has 138 valence electrons. The van der Waals surface area contributed by atoms with Gasteiger partial charge in [-0.1, -0.05) is 11.6 Å². The summed E-state index contributed by atoms with van der Waals surface area (Å²) < 4.78 is 7.81. The third-order valence-corrected chi connectivity index (χ3v) is 4.93. The first-order chi connectivity index (χ1) is 12.3. The molecular weight excluding hydrogens is 579 g/mol. The number of benzene rings is 2. The van der Waals surface area contributed by atoms with Crippen molar-refractivity contribution in [1.82, 2.24) is 5.43 Å². The number of nitrogens with zero attached hydrogens (tertiary/aromatic N) is 1. The largest absolute Gasteiger partial charge is 0.489 e. The molecule has 0 aromatic heterocycles. The average Bonchev–Trinajstić information content (AvgIpc) is 2.57. The van der Waals surface area contributed by atoms with E-state index in [0.29, 0.717) is 5.02 Å². The highest BCUT2D eigenvalue weighted by molar-refractivity contribution is 14.1. The van der Waals surface area contributed by atoms with Crippen LogP contribution in [0.15, 0.2) is 41.5 Å². The lowest BCUT2D eigenvalue weighted by Crippen LogP contribution is -2.25. The van der Waals surface area contributed by atoms with Gasteiger partial charge in [0.05, 0.1) is 26.0 Å². The molecule has 0 heterocycles. The Morgan fingerprint density at radius 1 is 1.23 bits per heavy atom. The van der Waals surface area contributed by atoms with E-state index in [0.717, 1.165) is 24.1 Å². The van der Waals surface area contributed by atoms with Gasteiger partial charge in [-0.05, 0) is 101 Å². The summed E-state index contributed by atoms with van der Waals surface area (Å²) >= 11 is 10.3. The molecule has 0 saturated carbocycles. The van der Waals surface area contributed by atoms with Crippen molar-refractivity contribution in [2.24, 2.45) is 5.10 Å². The van der Waals surface area contributed by atoms with E-state index in [2.05, 4.69) is 61.0 Å². The number of hydrogen-bond donors (Lipinski definition) is 2. The maximum absolute atomic E-state index is 11.8. The van der Waals surface area contributed by atoms with E-state index in [1.54, 1.807) is 18.3 Å². The molecule has 0 unspecified atom stereocenters. The van der Waals surface area contributed by atoms with E-state index in [1.165, 1.54) is 0 Å². The fourth-order valence-corrected chi connectivity index (χ4v) is 4.17. The topological polar surface area (TPSA) is 62.7 Å². The van der Waals surface area contributed by atoms with Crippen LogP contribution in [-0.2, 0) is 4.79 Å². The van der Waals surface area contributed by atoms with Gasteiger partial charge in [-0.3, -0.25) is 4.79 Å². The van der Waals surface area contributed by atoms with Crippen molar-refractivity contribution in [1.29, 1.82) is 0 Å². The van der Waals surface area contributed by atoms with E-state index in [9.17, 15) is 4.79 Å². The first-order valence-electron chi connectivity index (χ1n) is 7.82. The molecule has 2 aromatic rings. The fraction of sp³-hybridized carbons (Fsp3) is 0.222. The minimum atomic E-state index is -0.236. The number of rotatable bonds is 7. The SMILES string of the molecule is CC(C)Oc1c(I)cc(/C=N\NC(=O)CNc2ccc(Cl)cc2)cc1I. The first kappa shape index (κ1) is 21.2. The molecule has 0 radical (unpaired) electrons. The van der Waals surface area contributed by atoms with Crippen LogP contribution in [-0.4, -0.2) is 24.8 Å². The molecule has 2 N–H and O–H groups in total. The van der Waals surface area contributed by atoms with Crippen LogP contribution in [0.5, 0.6) is 5.75 Å². The van der Waals surface area contributed by atoms with E-state index in [1.807, 2.05) is 38.1 Å². The predicted molar refractivity (Wildman–Crippen MR) is 123 cm³/mol. The van der Waals surface area contributed by atoms with E-state index < -0.39 is 0 Å². The second-order valence-electron chi connectivity index (χ2n) is 5.63. The highest BCUT2D eigenvalue weighted by Gasteiger charge is 2.10. The van der Waals surface area contributed by atoms with Crippen molar-refractivity contribution >= 4 is 74.6 Å². The van der Waals surface area contributed by atoms with Crippen molar-refractivity contribution in [2.45, 2.75) is 20.0 Å². The Morgan fingerprint density at radius 2 is 1.85 bits per heavy atom. The van der Waals surface area contributed by atoms with Crippen LogP contribution in [0.25, 0.3) is 0 Å². The number of hydrazone groups is 1. The van der Waals surface area contributed by atoms with Crippen LogP contribution < -0.4 is 15.5 Å². The molecule has 0 saturated heterocycles. The van der Waals surface area contributed by atoms with Gasteiger partial charge in [-0.15, -0.1) is 0 Å². The van der Waals surface area contributed by atoms with Gasteiger partial charge in [0.1, 0.15) is 5.75 Å². The standard InChI is InChI=1S/C18H18ClI2N3O2/c1-11(2)26-18-15(20)7-12(8-16(18)21)9-23-24-17(25)10-22-14-5-3-13(19)4-6-14/h3-9,11,22H,10H2,1-2H3,(H,24,25)/b23-9-. The second kappa shape index (κ2) is 10.3. The van der Waals surface area contributed by atoms with Gasteiger partial charge in [0.2, 0.25) is 0 Å². The average molecular weight is 598 g/mol. The molecule has 2 rings (SSSR count). The molecule has 0 aliphatic carbocycles. The highest BCUT2D eigenvalue weighted by atomic mass is 127. The minimum Gasteiger partial charge on any atom is -0.489 e. The van der Waals surface area contributed by atoms with Gasteiger partial charge in [-0.2, -0.15) is 5.10 Å². The van der Waals surface area contributed by atoms with Crippen LogP contribution in [0.3, 0.4) is 0 Å². The van der Waals surface area contributed by atoms with Crippen LogP contribution in [0, 0.1) is 7.14 Å². The van der Waals surface area contributed by atoms with Crippen molar-refractivity contribution in [3.05, 3.63) is 54.1 Å². The molecule has 0 aliphatic heterocycles. The zero-order valence-electron chi connectivity index (χ0n) is 14.2. The van der Waals surface area contributed by atoms with Gasteiger partial charge >= 0.3 is 0 Å². The highest BCUT2D eigenvalue weighted by Crippen LogP contribution is 2.29. The Hall–Kier alpha value is -1.07. The van der Waals surface area contributed by atoms with Crippen molar-refractivity contribution in [3.63, 3.8) is 0 Å². The lowest BCUT2D eigenvalue weighted by Gasteiger charge is -2.14. The van der Waals surface area contributed by atoms with Crippen molar-refractivity contribution < 1.29 is 9.53 Å². The molecule has 0 bridgehead atoms. The van der Waals surface area contributed by atoms with Gasteiger partial charge in [0.25, 0.3) is 5.91 Å². The maximum Gasteiger partial charge on any atom is 0.259 e. The molecular formula is C18H18ClI2N3O2. The summed E-state index contributed by atoms with van der Waals surface area (Å²) in [7, 11) is 0. The molecule has 26 heavy (non-hydrogen) atoms. The fourth-order valence-electron chi connectivity index (χ4n) is 1.97. The van der Waals surface area contributed by atoms with E-state index in [-0.39, 0.29) is 18.6 Å². The molecule has 1 amide bonds. The Bertz CT molecular complexity index is 773. The van der Waals surface area contributed by atoms with Gasteiger partial charge < -0.3 is 10.1 Å². The summed E-state index contributed by atoms with van der Waals surface area (Å²) in [5.74, 6) is 0.634. The zero-order valence-corrected chi connectivity index (χ0v) is 19.3. The molecule has 0 aliphatic rings. The van der Waals surface area contributed by atoms with Crippen molar-refractivity contribution in [2.75, 3.05) is 11.9 Å². The lowest BCUT2D eigenvalue weighted by atomic mass is 10.2. The molecule has 0 spiro atoms. The minimum absolute atomic E-state index is 0.115. The number of hydrogen-bond acceptors (Lipinski definition) is 4. The van der Waals surface area contributed by atoms with Crippen molar-refractivity contribution in [3.8, 4) is 5.75 Å². The number of carbonyl (C=O) groups is 1. The van der Waals surface area contributed by atoms with E-state index >= 15 is 0 Å². The van der Waals surface area contributed by atoms with Gasteiger partial charge in [0, 0.05) is 10.7 Å². The Kier molecular flexibility index (Phi) is 8.42. The molecule has 2 aromatic carbocycles. The third-order valence-electron chi connectivity index (χ3n) is 3.07. The third kappa shape index (κ3) is 6.92. The number of halogens is 3. The van der Waals surface area contributed by atoms with Crippen LogP contribution in [0.1, 0.15) is 19.4 Å². The zero-order chi connectivity index (χ0) is 19.1. The normalized spacial score (nSPS) is 11.0. The van der Waals surface area contributed by atoms with Gasteiger partial charge in [0.15, 0.2) is 0 Å². The number of ether oxygens (including phenoxy) is 1. The summed E-state index contributed by atoms with van der Waals surface area (Å²) in [6.45, 7) is 4.11. The van der Waals surface area contributed by atoms with Crippen LogP contribution in [0.2, 0.25) is 5.02 Å². The predicted octanol–water partition coefficient (Wildman–Crippen LogP) is 4.90.